The lowest BCUT2D eigenvalue weighted by atomic mass is 10.2. The second kappa shape index (κ2) is 5.10. The van der Waals surface area contributed by atoms with E-state index in [2.05, 4.69) is 25.6 Å². The molecule has 102 valence electrons. The zero-order chi connectivity index (χ0) is 14.2. The van der Waals surface area contributed by atoms with Crippen molar-refractivity contribution in [2.24, 2.45) is 0 Å². The molecule has 0 unspecified atom stereocenters. The third kappa shape index (κ3) is 3.07. The Morgan fingerprint density at radius 1 is 1.37 bits per heavy atom. The Balaban J connectivity index is 2.45. The summed E-state index contributed by atoms with van der Waals surface area (Å²) in [4.78, 5) is 4.23. The Hall–Kier alpha value is -1.12. The lowest BCUT2D eigenvalue weighted by molar-refractivity contribution is 0.600. The van der Waals surface area contributed by atoms with Crippen molar-refractivity contribution in [3.63, 3.8) is 0 Å². The van der Waals surface area contributed by atoms with Crippen molar-refractivity contribution in [1.29, 1.82) is 0 Å². The monoisotopic (exact) mass is 361 g/mol. The maximum absolute atomic E-state index is 12.3. The lowest BCUT2D eigenvalue weighted by Crippen LogP contribution is -2.15. The van der Waals surface area contributed by atoms with Gasteiger partial charge in [0.15, 0.2) is 5.13 Å². The molecule has 2 aromatic rings. The molecular weight excluding hydrogens is 350 g/mol. The Morgan fingerprint density at radius 2 is 2.05 bits per heavy atom. The summed E-state index contributed by atoms with van der Waals surface area (Å²) in [5.74, 6) is 0. The smallest absolute Gasteiger partial charge is 0.264 e. The zero-order valence-electron chi connectivity index (χ0n) is 10.3. The van der Waals surface area contributed by atoms with Crippen molar-refractivity contribution in [3.8, 4) is 0 Å². The van der Waals surface area contributed by atoms with E-state index in [9.17, 15) is 8.42 Å². The number of nitrogens with one attached hydrogen (secondary N) is 1. The largest absolute Gasteiger partial charge is 0.398 e. The minimum absolute atomic E-state index is 0.146. The van der Waals surface area contributed by atoms with Gasteiger partial charge in [-0.3, -0.25) is 4.72 Å². The van der Waals surface area contributed by atoms with Crippen LogP contribution >= 0.6 is 27.3 Å². The Labute approximate surface area is 124 Å². The number of benzene rings is 1. The highest BCUT2D eigenvalue weighted by Gasteiger charge is 2.20. The molecule has 0 bridgehead atoms. The van der Waals surface area contributed by atoms with Crippen molar-refractivity contribution >= 4 is 48.1 Å². The first-order valence-electron chi connectivity index (χ1n) is 5.30. The maximum Gasteiger partial charge on any atom is 0.264 e. The van der Waals surface area contributed by atoms with Crippen LogP contribution in [-0.2, 0) is 10.0 Å². The van der Waals surface area contributed by atoms with Crippen molar-refractivity contribution in [1.82, 2.24) is 4.98 Å². The highest BCUT2D eigenvalue weighted by Crippen LogP contribution is 2.28. The number of sulfonamides is 1. The van der Waals surface area contributed by atoms with Crippen molar-refractivity contribution < 1.29 is 8.42 Å². The number of nitrogen functional groups attached to an aromatic ring is 1. The van der Waals surface area contributed by atoms with E-state index in [0.717, 1.165) is 5.69 Å². The number of thiazole rings is 1. The molecule has 0 spiro atoms. The van der Waals surface area contributed by atoms with Crippen LogP contribution < -0.4 is 10.5 Å². The van der Waals surface area contributed by atoms with Crippen LogP contribution in [-0.4, -0.2) is 13.4 Å². The third-order valence-corrected chi connectivity index (χ3v) is 5.42. The van der Waals surface area contributed by atoms with Crippen LogP contribution in [0.1, 0.15) is 11.3 Å². The van der Waals surface area contributed by atoms with Gasteiger partial charge >= 0.3 is 0 Å². The highest BCUT2D eigenvalue weighted by molar-refractivity contribution is 9.10. The van der Waals surface area contributed by atoms with Crippen molar-refractivity contribution in [2.45, 2.75) is 18.7 Å². The van der Waals surface area contributed by atoms with Gasteiger partial charge < -0.3 is 5.73 Å². The van der Waals surface area contributed by atoms with Gasteiger partial charge in [0.2, 0.25) is 0 Å². The summed E-state index contributed by atoms with van der Waals surface area (Å²) in [5.41, 5.74) is 7.49. The third-order valence-electron chi connectivity index (χ3n) is 2.50. The number of nitrogens with zero attached hydrogens (tertiary/aromatic N) is 1. The summed E-state index contributed by atoms with van der Waals surface area (Å²) in [6.45, 7) is 3.47. The van der Waals surface area contributed by atoms with E-state index >= 15 is 0 Å². The van der Waals surface area contributed by atoms with Crippen LogP contribution in [0.2, 0.25) is 0 Å². The first-order chi connectivity index (χ1) is 8.79. The molecule has 0 fully saturated rings. The van der Waals surface area contributed by atoms with Crippen LogP contribution in [0.15, 0.2) is 26.9 Å². The number of hydrogen-bond acceptors (Lipinski definition) is 5. The molecule has 3 N–H and O–H groups in total. The maximum atomic E-state index is 12.3. The highest BCUT2D eigenvalue weighted by atomic mass is 79.9. The number of aryl methyl sites for hydroxylation is 1. The van der Waals surface area contributed by atoms with Crippen LogP contribution in [0.4, 0.5) is 10.8 Å². The number of anilines is 2. The zero-order valence-corrected chi connectivity index (χ0v) is 13.5. The predicted molar refractivity (Wildman–Crippen MR) is 81.0 cm³/mol. The number of hydrogen-bond donors (Lipinski definition) is 2. The van der Waals surface area contributed by atoms with E-state index in [1.807, 2.05) is 0 Å². The molecule has 5 nitrogen and oxygen atoms in total. The molecule has 0 saturated heterocycles. The van der Waals surface area contributed by atoms with Gasteiger partial charge in [0.1, 0.15) is 0 Å². The van der Waals surface area contributed by atoms with Gasteiger partial charge in [0, 0.05) is 15.5 Å². The van der Waals surface area contributed by atoms with Crippen molar-refractivity contribution in [2.75, 3.05) is 10.5 Å². The van der Waals surface area contributed by atoms with Crippen LogP contribution in [0.25, 0.3) is 0 Å². The Kier molecular flexibility index (Phi) is 3.84. The second-order valence-corrected chi connectivity index (χ2v) is 7.44. The molecule has 0 saturated carbocycles. The summed E-state index contributed by atoms with van der Waals surface area (Å²) in [7, 11) is -3.69. The predicted octanol–water partition coefficient (Wildman–Crippen LogP) is 2.91. The molecule has 1 aromatic heterocycles. The molecule has 0 amide bonds. The Morgan fingerprint density at radius 3 is 2.63 bits per heavy atom. The topological polar surface area (TPSA) is 85.1 Å². The second-order valence-electron chi connectivity index (χ2n) is 4.02. The molecule has 1 aromatic carbocycles. The van der Waals surface area contributed by atoms with Crippen molar-refractivity contribution in [3.05, 3.63) is 33.2 Å². The summed E-state index contributed by atoms with van der Waals surface area (Å²) in [5, 5.41) is 2.12. The van der Waals surface area contributed by atoms with E-state index in [1.165, 1.54) is 17.4 Å². The standard InChI is InChI=1S/C11H12BrN3O2S2/c1-6-5-18-11(14-6)15-19(16,17)10-4-8(12)3-9(13)7(10)2/h3-5H,13H2,1-2H3,(H,14,15). The van der Waals surface area contributed by atoms with Gasteiger partial charge in [0.25, 0.3) is 10.0 Å². The minimum atomic E-state index is -3.69. The van der Waals surface area contributed by atoms with Gasteiger partial charge in [-0.1, -0.05) is 15.9 Å². The van der Waals surface area contributed by atoms with E-state index in [-0.39, 0.29) is 4.90 Å². The van der Waals surface area contributed by atoms with Gasteiger partial charge in [0.05, 0.1) is 10.6 Å². The number of nitrogens with two attached hydrogens (primary N) is 1. The number of halogens is 1. The lowest BCUT2D eigenvalue weighted by Gasteiger charge is -2.10. The molecule has 0 aliphatic heterocycles. The number of rotatable bonds is 3. The average Bonchev–Trinajstić information content (AvgIpc) is 2.68. The molecule has 0 atom stereocenters. The van der Waals surface area contributed by atoms with Crippen LogP contribution in [0, 0.1) is 13.8 Å². The van der Waals surface area contributed by atoms with Crippen LogP contribution in [0.5, 0.6) is 0 Å². The number of aromatic nitrogens is 1. The summed E-state index contributed by atoms with van der Waals surface area (Å²) < 4.78 is 27.7. The first-order valence-corrected chi connectivity index (χ1v) is 8.46. The summed E-state index contributed by atoms with van der Waals surface area (Å²) >= 11 is 4.48. The molecule has 1 heterocycles. The fraction of sp³-hybridized carbons (Fsp3) is 0.182. The molecule has 0 aliphatic rings. The van der Waals surface area contributed by atoms with Crippen LogP contribution in [0.3, 0.4) is 0 Å². The summed E-state index contributed by atoms with van der Waals surface area (Å²) in [6, 6.07) is 3.19. The van der Waals surface area contributed by atoms with Gasteiger partial charge in [-0.15, -0.1) is 11.3 Å². The summed E-state index contributed by atoms with van der Waals surface area (Å²) in [6.07, 6.45) is 0. The first kappa shape index (κ1) is 14.3. The normalized spacial score (nSPS) is 11.5. The fourth-order valence-electron chi connectivity index (χ4n) is 1.52. The molecule has 0 radical (unpaired) electrons. The van der Waals surface area contributed by atoms with E-state index in [4.69, 9.17) is 5.73 Å². The molecule has 0 aliphatic carbocycles. The fourth-order valence-corrected chi connectivity index (χ4v) is 4.39. The Bertz CT molecular complexity index is 726. The van der Waals surface area contributed by atoms with E-state index in [0.29, 0.717) is 20.9 Å². The minimum Gasteiger partial charge on any atom is -0.398 e. The quantitative estimate of drug-likeness (QED) is 0.823. The molecular formula is C11H12BrN3O2S2. The van der Waals surface area contributed by atoms with Gasteiger partial charge in [-0.05, 0) is 31.5 Å². The molecule has 2 rings (SSSR count). The van der Waals surface area contributed by atoms with E-state index in [1.54, 1.807) is 25.3 Å². The average molecular weight is 362 g/mol. The van der Waals surface area contributed by atoms with Gasteiger partial charge in [-0.25, -0.2) is 13.4 Å². The SMILES string of the molecule is Cc1csc(NS(=O)(=O)c2cc(Br)cc(N)c2C)n1. The van der Waals surface area contributed by atoms with E-state index < -0.39 is 10.0 Å². The molecule has 8 heteroatoms. The molecule has 19 heavy (non-hydrogen) atoms. The van der Waals surface area contributed by atoms with Gasteiger partial charge in [-0.2, -0.15) is 0 Å².